The Morgan fingerprint density at radius 3 is 2.45 bits per heavy atom. The van der Waals surface area contributed by atoms with Crippen molar-refractivity contribution in [1.29, 1.82) is 0 Å². The van der Waals surface area contributed by atoms with Crippen molar-refractivity contribution in [3.63, 3.8) is 0 Å². The molecular formula is C19H28O. The van der Waals surface area contributed by atoms with Crippen molar-refractivity contribution in [2.24, 2.45) is 0 Å². The fourth-order valence-electron chi connectivity index (χ4n) is 2.55. The molecule has 0 aliphatic heterocycles. The molecule has 20 heavy (non-hydrogen) atoms. The summed E-state index contributed by atoms with van der Waals surface area (Å²) < 4.78 is 5.78. The molecule has 0 amide bonds. The zero-order chi connectivity index (χ0) is 15.2. The van der Waals surface area contributed by atoms with E-state index in [1.807, 2.05) is 6.92 Å². The monoisotopic (exact) mass is 272 g/mol. The smallest absolute Gasteiger partial charge is 0.123 e. The summed E-state index contributed by atoms with van der Waals surface area (Å²) in [5, 5.41) is 0. The van der Waals surface area contributed by atoms with Crippen LogP contribution < -0.4 is 4.74 Å². The van der Waals surface area contributed by atoms with E-state index in [2.05, 4.69) is 51.8 Å². The van der Waals surface area contributed by atoms with Gasteiger partial charge in [0.25, 0.3) is 0 Å². The molecule has 0 bridgehead atoms. The number of benzene rings is 1. The molecule has 0 saturated carbocycles. The lowest BCUT2D eigenvalue weighted by Gasteiger charge is -2.25. The number of terminal acetylenes is 1. The Morgan fingerprint density at radius 2 is 1.95 bits per heavy atom. The predicted octanol–water partition coefficient (Wildman–Crippen LogP) is 5.29. The van der Waals surface area contributed by atoms with Gasteiger partial charge in [0.05, 0.1) is 6.61 Å². The summed E-state index contributed by atoms with van der Waals surface area (Å²) in [5.74, 6) is 4.28. The fraction of sp³-hybridized carbons (Fsp3) is 0.579. The summed E-state index contributed by atoms with van der Waals surface area (Å²) in [6.07, 6.45) is 8.63. The Bertz CT molecular complexity index is 460. The first kappa shape index (κ1) is 16.6. The highest BCUT2D eigenvalue weighted by Gasteiger charge is 2.21. The Labute approximate surface area is 124 Å². The highest BCUT2D eigenvalue weighted by Crippen LogP contribution is 2.35. The van der Waals surface area contributed by atoms with E-state index in [9.17, 15) is 0 Å². The number of hydrogen-bond donors (Lipinski definition) is 0. The van der Waals surface area contributed by atoms with Crippen LogP contribution in [0.4, 0.5) is 0 Å². The van der Waals surface area contributed by atoms with Gasteiger partial charge in [-0.25, -0.2) is 0 Å². The summed E-state index contributed by atoms with van der Waals surface area (Å²) in [5.41, 5.74) is 2.70. The van der Waals surface area contributed by atoms with Crippen molar-refractivity contribution < 1.29 is 4.74 Å². The lowest BCUT2D eigenvalue weighted by atomic mass is 9.82. The molecule has 0 saturated heterocycles. The van der Waals surface area contributed by atoms with Crippen LogP contribution in [0, 0.1) is 12.3 Å². The first-order valence-corrected chi connectivity index (χ1v) is 7.64. The number of ether oxygens (including phenoxy) is 1. The molecule has 1 heteroatoms. The standard InChI is InChI=1S/C19H28O/c1-7-10-15(11-8-2)16-12-13-18(20-9-3)17(14-16)19(4,5)6/h1,12-15H,8-11H2,2-6H3. The highest BCUT2D eigenvalue weighted by atomic mass is 16.5. The van der Waals surface area contributed by atoms with E-state index in [0.29, 0.717) is 12.5 Å². The van der Waals surface area contributed by atoms with Gasteiger partial charge in [-0.15, -0.1) is 12.3 Å². The van der Waals surface area contributed by atoms with E-state index in [-0.39, 0.29) is 5.41 Å². The maximum Gasteiger partial charge on any atom is 0.123 e. The third-order valence-electron chi connectivity index (χ3n) is 3.58. The van der Waals surface area contributed by atoms with Crippen LogP contribution in [0.2, 0.25) is 0 Å². The molecule has 110 valence electrons. The largest absolute Gasteiger partial charge is 0.494 e. The number of hydrogen-bond acceptors (Lipinski definition) is 1. The summed E-state index contributed by atoms with van der Waals surface area (Å²) >= 11 is 0. The van der Waals surface area contributed by atoms with E-state index in [0.717, 1.165) is 25.0 Å². The van der Waals surface area contributed by atoms with Gasteiger partial charge in [0.1, 0.15) is 5.75 Å². The quantitative estimate of drug-likeness (QED) is 0.639. The highest BCUT2D eigenvalue weighted by molar-refractivity contribution is 5.43. The molecule has 0 heterocycles. The molecule has 0 aliphatic rings. The molecule has 1 atom stereocenters. The molecule has 1 nitrogen and oxygen atoms in total. The minimum absolute atomic E-state index is 0.0768. The first-order chi connectivity index (χ1) is 9.43. The summed E-state index contributed by atoms with van der Waals surface area (Å²) in [4.78, 5) is 0. The van der Waals surface area contributed by atoms with Gasteiger partial charge in [0.15, 0.2) is 0 Å². The third kappa shape index (κ3) is 4.30. The zero-order valence-electron chi connectivity index (χ0n) is 13.6. The predicted molar refractivity (Wildman–Crippen MR) is 87.4 cm³/mol. The van der Waals surface area contributed by atoms with Gasteiger partial charge in [0.2, 0.25) is 0 Å². The average molecular weight is 272 g/mol. The maximum atomic E-state index is 5.78. The summed E-state index contributed by atoms with van der Waals surface area (Å²) in [7, 11) is 0. The first-order valence-electron chi connectivity index (χ1n) is 7.64. The lowest BCUT2D eigenvalue weighted by Crippen LogP contribution is -2.14. The molecule has 0 spiro atoms. The second kappa shape index (κ2) is 7.39. The van der Waals surface area contributed by atoms with Crippen LogP contribution in [0.15, 0.2) is 18.2 Å². The van der Waals surface area contributed by atoms with E-state index >= 15 is 0 Å². The van der Waals surface area contributed by atoms with Gasteiger partial charge in [0, 0.05) is 6.42 Å². The van der Waals surface area contributed by atoms with Gasteiger partial charge in [-0.3, -0.25) is 0 Å². The zero-order valence-corrected chi connectivity index (χ0v) is 13.6. The van der Waals surface area contributed by atoms with Crippen LogP contribution >= 0.6 is 0 Å². The van der Waals surface area contributed by atoms with Crippen molar-refractivity contribution in [3.05, 3.63) is 29.3 Å². The minimum Gasteiger partial charge on any atom is -0.494 e. The van der Waals surface area contributed by atoms with Gasteiger partial charge in [-0.2, -0.15) is 0 Å². The molecule has 1 aromatic carbocycles. The normalized spacial score (nSPS) is 12.8. The second-order valence-electron chi connectivity index (χ2n) is 6.33. The Hall–Kier alpha value is -1.42. The van der Waals surface area contributed by atoms with Gasteiger partial charge < -0.3 is 4.74 Å². The molecule has 1 rings (SSSR count). The minimum atomic E-state index is 0.0768. The van der Waals surface area contributed by atoms with E-state index in [1.165, 1.54) is 11.1 Å². The van der Waals surface area contributed by atoms with Gasteiger partial charge in [-0.1, -0.05) is 46.2 Å². The molecule has 0 aliphatic carbocycles. The van der Waals surface area contributed by atoms with Gasteiger partial charge >= 0.3 is 0 Å². The molecule has 0 radical (unpaired) electrons. The molecule has 0 fully saturated rings. The maximum absolute atomic E-state index is 5.78. The van der Waals surface area contributed by atoms with Crippen LogP contribution in [0.5, 0.6) is 5.75 Å². The SMILES string of the molecule is C#CCC(CCC)c1ccc(OCC)c(C(C)(C)C)c1. The van der Waals surface area contributed by atoms with Crippen molar-refractivity contribution >= 4 is 0 Å². The summed E-state index contributed by atoms with van der Waals surface area (Å²) in [6, 6.07) is 6.58. The Balaban J connectivity index is 3.20. The molecular weight excluding hydrogens is 244 g/mol. The average Bonchev–Trinajstić information content (AvgIpc) is 2.38. The van der Waals surface area contributed by atoms with Gasteiger partial charge in [-0.05, 0) is 41.9 Å². The van der Waals surface area contributed by atoms with E-state index < -0.39 is 0 Å². The summed E-state index contributed by atoms with van der Waals surface area (Å²) in [6.45, 7) is 11.6. The van der Waals surface area contributed by atoms with Crippen LogP contribution in [-0.2, 0) is 5.41 Å². The molecule has 0 N–H and O–H groups in total. The van der Waals surface area contributed by atoms with E-state index in [4.69, 9.17) is 11.2 Å². The third-order valence-corrected chi connectivity index (χ3v) is 3.58. The lowest BCUT2D eigenvalue weighted by molar-refractivity contribution is 0.329. The molecule has 1 aromatic rings. The Kier molecular flexibility index (Phi) is 6.14. The van der Waals surface area contributed by atoms with Crippen molar-refractivity contribution in [2.45, 2.75) is 65.2 Å². The van der Waals surface area contributed by atoms with Crippen LogP contribution in [0.3, 0.4) is 0 Å². The second-order valence-corrected chi connectivity index (χ2v) is 6.33. The van der Waals surface area contributed by atoms with Crippen LogP contribution in [0.1, 0.15) is 70.9 Å². The van der Waals surface area contributed by atoms with E-state index in [1.54, 1.807) is 0 Å². The van der Waals surface area contributed by atoms with Crippen molar-refractivity contribution in [3.8, 4) is 18.1 Å². The van der Waals surface area contributed by atoms with Crippen molar-refractivity contribution in [2.75, 3.05) is 6.61 Å². The number of rotatable bonds is 6. The fourth-order valence-corrected chi connectivity index (χ4v) is 2.55. The topological polar surface area (TPSA) is 9.23 Å². The van der Waals surface area contributed by atoms with Crippen molar-refractivity contribution in [1.82, 2.24) is 0 Å². The van der Waals surface area contributed by atoms with Crippen LogP contribution in [0.25, 0.3) is 0 Å². The molecule has 1 unspecified atom stereocenters. The Morgan fingerprint density at radius 1 is 1.25 bits per heavy atom. The molecule has 0 aromatic heterocycles. The van der Waals surface area contributed by atoms with Crippen LogP contribution in [-0.4, -0.2) is 6.61 Å².